The summed E-state index contributed by atoms with van der Waals surface area (Å²) >= 11 is 0. The summed E-state index contributed by atoms with van der Waals surface area (Å²) in [7, 11) is 0. The third kappa shape index (κ3) is 3.82. The van der Waals surface area contributed by atoms with Gasteiger partial charge in [0.1, 0.15) is 0 Å². The van der Waals surface area contributed by atoms with Gasteiger partial charge in [-0.1, -0.05) is 31.1 Å². The highest BCUT2D eigenvalue weighted by Gasteiger charge is 2.29. The van der Waals surface area contributed by atoms with Crippen LogP contribution >= 0.6 is 0 Å². The van der Waals surface area contributed by atoms with Crippen LogP contribution in [0.2, 0.25) is 0 Å². The summed E-state index contributed by atoms with van der Waals surface area (Å²) in [4.78, 5) is 19.0. The van der Waals surface area contributed by atoms with E-state index < -0.39 is 0 Å². The van der Waals surface area contributed by atoms with Crippen LogP contribution in [-0.4, -0.2) is 45.2 Å². The quantitative estimate of drug-likeness (QED) is 0.836. The van der Waals surface area contributed by atoms with Crippen molar-refractivity contribution in [2.75, 3.05) is 18.5 Å². The third-order valence-corrected chi connectivity index (χ3v) is 4.42. The number of aliphatic hydroxyl groups is 1. The smallest absolute Gasteiger partial charge is 0.256 e. The second-order valence-corrected chi connectivity index (χ2v) is 6.58. The van der Waals surface area contributed by atoms with Crippen LogP contribution < -0.4 is 5.32 Å². The molecule has 1 aliphatic heterocycles. The molecule has 134 valence electrons. The molecule has 1 unspecified atom stereocenters. The number of anilines is 1. The standard InChI is InChI=1S/C18H24N4O3/c1-12(2)17-20-16(21-25-17)10-19-15-8-4-3-7-14(15)18(24)22-9-5-6-13(22)11-23/h3-4,7-8,12-13,19,23H,5-6,9-11H2,1-2H3. The van der Waals surface area contributed by atoms with Crippen LogP contribution in [0.25, 0.3) is 0 Å². The maximum atomic E-state index is 12.9. The second kappa shape index (κ2) is 7.65. The van der Waals surface area contributed by atoms with Crippen LogP contribution in [0.4, 0.5) is 5.69 Å². The first-order chi connectivity index (χ1) is 12.1. The normalized spacial score (nSPS) is 17.3. The number of aromatic nitrogens is 2. The fourth-order valence-electron chi connectivity index (χ4n) is 3.02. The van der Waals surface area contributed by atoms with Crippen molar-refractivity contribution in [2.24, 2.45) is 0 Å². The largest absolute Gasteiger partial charge is 0.394 e. The second-order valence-electron chi connectivity index (χ2n) is 6.58. The number of carbonyl (C=O) groups excluding carboxylic acids is 1. The number of hydrogen-bond donors (Lipinski definition) is 2. The molecule has 1 aliphatic rings. The monoisotopic (exact) mass is 344 g/mol. The number of carbonyl (C=O) groups is 1. The lowest BCUT2D eigenvalue weighted by molar-refractivity contribution is 0.0678. The molecule has 2 N–H and O–H groups in total. The van der Waals surface area contributed by atoms with Crippen molar-refractivity contribution < 1.29 is 14.4 Å². The van der Waals surface area contributed by atoms with Gasteiger partial charge >= 0.3 is 0 Å². The van der Waals surface area contributed by atoms with E-state index in [9.17, 15) is 9.90 Å². The molecule has 0 bridgehead atoms. The van der Waals surface area contributed by atoms with E-state index in [0.29, 0.717) is 30.4 Å². The number of nitrogens with one attached hydrogen (secondary N) is 1. The van der Waals surface area contributed by atoms with E-state index in [1.165, 1.54) is 0 Å². The highest BCUT2D eigenvalue weighted by molar-refractivity contribution is 5.99. The van der Waals surface area contributed by atoms with Crippen molar-refractivity contribution in [3.8, 4) is 0 Å². The Labute approximate surface area is 147 Å². The molecule has 1 atom stereocenters. The topological polar surface area (TPSA) is 91.5 Å². The van der Waals surface area contributed by atoms with Crippen molar-refractivity contribution in [1.29, 1.82) is 0 Å². The number of benzene rings is 1. The van der Waals surface area contributed by atoms with Gasteiger partial charge in [-0.3, -0.25) is 4.79 Å². The minimum absolute atomic E-state index is 0.00216. The van der Waals surface area contributed by atoms with E-state index in [1.54, 1.807) is 11.0 Å². The molecule has 0 radical (unpaired) electrons. The van der Waals surface area contributed by atoms with E-state index in [4.69, 9.17) is 4.52 Å². The molecule has 7 heteroatoms. The Balaban J connectivity index is 1.73. The fraction of sp³-hybridized carbons (Fsp3) is 0.500. The molecule has 25 heavy (non-hydrogen) atoms. The van der Waals surface area contributed by atoms with E-state index in [2.05, 4.69) is 15.5 Å². The van der Waals surface area contributed by atoms with E-state index in [-0.39, 0.29) is 24.5 Å². The zero-order valence-corrected chi connectivity index (χ0v) is 14.6. The Bertz CT molecular complexity index is 729. The zero-order chi connectivity index (χ0) is 17.8. The lowest BCUT2D eigenvalue weighted by atomic mass is 10.1. The number of nitrogens with zero attached hydrogens (tertiary/aromatic N) is 3. The number of hydrogen-bond acceptors (Lipinski definition) is 6. The minimum atomic E-state index is -0.0913. The van der Waals surface area contributed by atoms with Crippen molar-refractivity contribution in [1.82, 2.24) is 15.0 Å². The molecule has 1 amide bonds. The van der Waals surface area contributed by atoms with Gasteiger partial charge in [0.25, 0.3) is 5.91 Å². The first-order valence-corrected chi connectivity index (χ1v) is 8.67. The van der Waals surface area contributed by atoms with Crippen LogP contribution in [-0.2, 0) is 6.54 Å². The van der Waals surface area contributed by atoms with Gasteiger partial charge in [-0.15, -0.1) is 0 Å². The van der Waals surface area contributed by atoms with Crippen LogP contribution in [0.15, 0.2) is 28.8 Å². The molecule has 3 rings (SSSR count). The SMILES string of the molecule is CC(C)c1nc(CNc2ccccc2C(=O)N2CCCC2CO)no1. The van der Waals surface area contributed by atoms with Crippen molar-refractivity contribution in [3.63, 3.8) is 0 Å². The summed E-state index contributed by atoms with van der Waals surface area (Å²) < 4.78 is 5.20. The van der Waals surface area contributed by atoms with Gasteiger partial charge in [-0.05, 0) is 25.0 Å². The number of likely N-dealkylation sites (tertiary alicyclic amines) is 1. The summed E-state index contributed by atoms with van der Waals surface area (Å²) in [5.74, 6) is 1.28. The zero-order valence-electron chi connectivity index (χ0n) is 14.6. The van der Waals surface area contributed by atoms with Crippen LogP contribution in [0.5, 0.6) is 0 Å². The van der Waals surface area contributed by atoms with Crippen LogP contribution in [0.3, 0.4) is 0 Å². The summed E-state index contributed by atoms with van der Waals surface area (Å²) in [6, 6.07) is 7.29. The molecule has 0 spiro atoms. The average molecular weight is 344 g/mol. The summed E-state index contributed by atoms with van der Waals surface area (Å²) in [6.07, 6.45) is 1.77. The highest BCUT2D eigenvalue weighted by Crippen LogP contribution is 2.24. The van der Waals surface area contributed by atoms with Gasteiger partial charge < -0.3 is 19.8 Å². The highest BCUT2D eigenvalue weighted by atomic mass is 16.5. The van der Waals surface area contributed by atoms with Gasteiger partial charge in [0.05, 0.1) is 24.8 Å². The maximum absolute atomic E-state index is 12.9. The van der Waals surface area contributed by atoms with Crippen LogP contribution in [0, 0.1) is 0 Å². The Morgan fingerprint density at radius 3 is 2.96 bits per heavy atom. The van der Waals surface area contributed by atoms with Crippen molar-refractivity contribution >= 4 is 11.6 Å². The minimum Gasteiger partial charge on any atom is -0.394 e. The molecule has 0 saturated carbocycles. The molecule has 2 aromatic rings. The molecule has 0 aliphatic carbocycles. The maximum Gasteiger partial charge on any atom is 0.256 e. The number of amides is 1. The molecule has 1 aromatic heterocycles. The Hall–Kier alpha value is -2.41. The summed E-state index contributed by atoms with van der Waals surface area (Å²) in [6.45, 7) is 5.05. The molecule has 1 aromatic carbocycles. The van der Waals surface area contributed by atoms with Gasteiger partial charge in [0.2, 0.25) is 5.89 Å². The Kier molecular flexibility index (Phi) is 5.33. The molecule has 7 nitrogen and oxygen atoms in total. The molecule has 2 heterocycles. The van der Waals surface area contributed by atoms with E-state index >= 15 is 0 Å². The average Bonchev–Trinajstić information content (AvgIpc) is 3.28. The molecule has 1 fully saturated rings. The Morgan fingerprint density at radius 1 is 1.44 bits per heavy atom. The molecular formula is C18H24N4O3. The van der Waals surface area contributed by atoms with Gasteiger partial charge in [0.15, 0.2) is 5.82 Å². The van der Waals surface area contributed by atoms with Crippen molar-refractivity contribution in [3.05, 3.63) is 41.5 Å². The van der Waals surface area contributed by atoms with E-state index in [1.807, 2.05) is 32.0 Å². The lowest BCUT2D eigenvalue weighted by Crippen LogP contribution is -2.37. The summed E-state index contributed by atoms with van der Waals surface area (Å²) in [5.41, 5.74) is 1.32. The third-order valence-electron chi connectivity index (χ3n) is 4.42. The summed E-state index contributed by atoms with van der Waals surface area (Å²) in [5, 5.41) is 16.6. The van der Waals surface area contributed by atoms with Crippen molar-refractivity contribution in [2.45, 2.75) is 45.2 Å². The molecule has 1 saturated heterocycles. The Morgan fingerprint density at radius 2 is 2.24 bits per heavy atom. The predicted molar refractivity (Wildman–Crippen MR) is 93.3 cm³/mol. The van der Waals surface area contributed by atoms with E-state index in [0.717, 1.165) is 18.5 Å². The van der Waals surface area contributed by atoms with Crippen LogP contribution in [0.1, 0.15) is 54.7 Å². The number of aliphatic hydroxyl groups excluding tert-OH is 1. The first-order valence-electron chi connectivity index (χ1n) is 8.67. The van der Waals surface area contributed by atoms with Gasteiger partial charge in [-0.25, -0.2) is 0 Å². The lowest BCUT2D eigenvalue weighted by Gasteiger charge is -2.24. The number of rotatable bonds is 6. The molecular weight excluding hydrogens is 320 g/mol. The first kappa shape index (κ1) is 17.4. The van der Waals surface area contributed by atoms with Gasteiger partial charge in [-0.2, -0.15) is 4.98 Å². The predicted octanol–water partition coefficient (Wildman–Crippen LogP) is 2.40. The number of para-hydroxylation sites is 1. The fourth-order valence-corrected chi connectivity index (χ4v) is 3.02. The van der Waals surface area contributed by atoms with Gasteiger partial charge in [0, 0.05) is 18.2 Å².